The van der Waals surface area contributed by atoms with E-state index in [-0.39, 0.29) is 5.75 Å². The Kier molecular flexibility index (Phi) is 7.57. The van der Waals surface area contributed by atoms with Crippen LogP contribution in [0.5, 0.6) is 17.4 Å². The minimum absolute atomic E-state index is 0.0115. The summed E-state index contributed by atoms with van der Waals surface area (Å²) in [6.07, 6.45) is 3.29. The lowest BCUT2D eigenvalue weighted by molar-refractivity contribution is -0.0499. The lowest BCUT2D eigenvalue weighted by Gasteiger charge is -2.15. The first kappa shape index (κ1) is 20.7. The molecule has 148 valence electrons. The van der Waals surface area contributed by atoms with Crippen LogP contribution < -0.4 is 19.5 Å². The van der Waals surface area contributed by atoms with Crippen molar-refractivity contribution in [3.8, 4) is 28.6 Å². The molecule has 0 unspecified atom stereocenters. The summed E-state index contributed by atoms with van der Waals surface area (Å²) in [6, 6.07) is 4.45. The number of anilines is 1. The summed E-state index contributed by atoms with van der Waals surface area (Å²) in [5.74, 6) is 1.31. The third kappa shape index (κ3) is 5.42. The van der Waals surface area contributed by atoms with Crippen LogP contribution in [0.2, 0.25) is 0 Å². The molecule has 0 amide bonds. The van der Waals surface area contributed by atoms with E-state index in [0.717, 1.165) is 25.8 Å². The summed E-state index contributed by atoms with van der Waals surface area (Å²) in [5.41, 5.74) is 1.82. The number of methoxy groups -OCH3 is 2. The first-order chi connectivity index (χ1) is 13.0. The number of aromatic nitrogens is 2. The number of aryl methyl sites for hydroxylation is 1. The summed E-state index contributed by atoms with van der Waals surface area (Å²) in [4.78, 5) is 9.10. The lowest BCUT2D eigenvalue weighted by atomic mass is 10.1. The summed E-state index contributed by atoms with van der Waals surface area (Å²) >= 11 is 0. The minimum Gasteiger partial charge on any atom is -0.496 e. The van der Waals surface area contributed by atoms with Crippen molar-refractivity contribution >= 4 is 5.82 Å². The third-order valence-corrected chi connectivity index (χ3v) is 3.96. The smallest absolute Gasteiger partial charge is 0.387 e. The molecule has 0 spiro atoms. The Hall–Kier alpha value is -2.64. The first-order valence-electron chi connectivity index (χ1n) is 8.79. The van der Waals surface area contributed by atoms with Crippen LogP contribution in [0.1, 0.15) is 31.9 Å². The summed E-state index contributed by atoms with van der Waals surface area (Å²) in [5, 5.41) is 3.24. The summed E-state index contributed by atoms with van der Waals surface area (Å²) in [7, 11) is 2.98. The van der Waals surface area contributed by atoms with E-state index in [1.165, 1.54) is 26.4 Å². The maximum Gasteiger partial charge on any atom is 0.387 e. The zero-order chi connectivity index (χ0) is 19.8. The van der Waals surface area contributed by atoms with Crippen LogP contribution in [-0.4, -0.2) is 37.3 Å². The lowest BCUT2D eigenvalue weighted by Crippen LogP contribution is -2.08. The minimum atomic E-state index is -2.90. The fraction of sp³-hybridized carbons (Fsp3) is 0.474. The van der Waals surface area contributed by atoms with Crippen molar-refractivity contribution in [1.82, 2.24) is 9.97 Å². The van der Waals surface area contributed by atoms with Gasteiger partial charge in [0.1, 0.15) is 11.5 Å². The molecule has 0 fully saturated rings. The molecule has 1 aromatic carbocycles. The molecule has 8 heteroatoms. The topological polar surface area (TPSA) is 65.5 Å². The van der Waals surface area contributed by atoms with Gasteiger partial charge in [-0.25, -0.2) is 9.97 Å². The highest BCUT2D eigenvalue weighted by Crippen LogP contribution is 2.36. The zero-order valence-electron chi connectivity index (χ0n) is 16.0. The van der Waals surface area contributed by atoms with Crippen LogP contribution in [-0.2, 0) is 0 Å². The quantitative estimate of drug-likeness (QED) is 0.603. The molecule has 0 saturated heterocycles. The van der Waals surface area contributed by atoms with Gasteiger partial charge in [-0.3, -0.25) is 0 Å². The summed E-state index contributed by atoms with van der Waals surface area (Å²) in [6.45, 7) is 1.84. The number of hydrogen-bond donors (Lipinski definition) is 1. The molecule has 2 rings (SSSR count). The first-order valence-corrected chi connectivity index (χ1v) is 8.79. The number of hydrogen-bond acceptors (Lipinski definition) is 6. The van der Waals surface area contributed by atoms with Gasteiger partial charge < -0.3 is 19.5 Å². The van der Waals surface area contributed by atoms with E-state index in [1.807, 2.05) is 6.92 Å². The molecule has 0 radical (unpaired) electrons. The number of unbranched alkanes of at least 4 members (excludes halogenated alkanes) is 2. The van der Waals surface area contributed by atoms with Gasteiger partial charge in [-0.05, 0) is 25.5 Å². The molecule has 1 N–H and O–H groups in total. The molecule has 0 saturated carbocycles. The Morgan fingerprint density at radius 2 is 1.89 bits per heavy atom. The van der Waals surface area contributed by atoms with E-state index in [4.69, 9.17) is 9.47 Å². The molecule has 2 aromatic rings. The van der Waals surface area contributed by atoms with Crippen LogP contribution >= 0.6 is 0 Å². The zero-order valence-corrected chi connectivity index (χ0v) is 16.0. The van der Waals surface area contributed by atoms with Gasteiger partial charge in [-0.2, -0.15) is 8.78 Å². The number of benzene rings is 1. The average molecular weight is 381 g/mol. The second-order valence-electron chi connectivity index (χ2n) is 5.89. The number of nitrogens with zero attached hydrogens (tertiary/aromatic N) is 2. The highest BCUT2D eigenvalue weighted by Gasteiger charge is 2.17. The Balaban J connectivity index is 2.35. The monoisotopic (exact) mass is 381 g/mol. The van der Waals surface area contributed by atoms with E-state index >= 15 is 0 Å². The number of alkyl halides is 2. The number of ether oxygens (including phenoxy) is 3. The van der Waals surface area contributed by atoms with Gasteiger partial charge in [0, 0.05) is 18.2 Å². The van der Waals surface area contributed by atoms with Crippen molar-refractivity contribution in [3.05, 3.63) is 23.9 Å². The number of rotatable bonds is 10. The molecule has 0 aliphatic rings. The summed E-state index contributed by atoms with van der Waals surface area (Å²) < 4.78 is 40.0. The van der Waals surface area contributed by atoms with E-state index in [2.05, 4.69) is 26.9 Å². The molecular weight excluding hydrogens is 356 g/mol. The van der Waals surface area contributed by atoms with E-state index in [0.29, 0.717) is 34.4 Å². The molecule has 1 heterocycles. The fourth-order valence-corrected chi connectivity index (χ4v) is 2.64. The van der Waals surface area contributed by atoms with Crippen molar-refractivity contribution in [2.24, 2.45) is 0 Å². The van der Waals surface area contributed by atoms with Crippen LogP contribution in [0, 0.1) is 6.92 Å². The third-order valence-electron chi connectivity index (χ3n) is 3.96. The van der Waals surface area contributed by atoms with Gasteiger partial charge >= 0.3 is 6.61 Å². The second-order valence-corrected chi connectivity index (χ2v) is 5.89. The van der Waals surface area contributed by atoms with Crippen LogP contribution in [0.15, 0.2) is 18.2 Å². The van der Waals surface area contributed by atoms with Crippen LogP contribution in [0.25, 0.3) is 11.3 Å². The van der Waals surface area contributed by atoms with Gasteiger partial charge in [0.05, 0.1) is 25.6 Å². The normalized spacial score (nSPS) is 10.8. The molecule has 0 aliphatic heterocycles. The van der Waals surface area contributed by atoms with E-state index < -0.39 is 6.61 Å². The van der Waals surface area contributed by atoms with Gasteiger partial charge in [0.15, 0.2) is 5.82 Å². The highest BCUT2D eigenvalue weighted by molar-refractivity contribution is 5.72. The molecule has 0 bridgehead atoms. The maximum absolute atomic E-state index is 12.4. The molecule has 6 nitrogen and oxygen atoms in total. The Labute approximate surface area is 157 Å². The number of nitrogens with one attached hydrogen (secondary N) is 1. The van der Waals surface area contributed by atoms with Gasteiger partial charge in [-0.15, -0.1) is 0 Å². The Morgan fingerprint density at radius 3 is 2.52 bits per heavy atom. The van der Waals surface area contributed by atoms with Crippen molar-refractivity contribution in [1.29, 1.82) is 0 Å². The molecule has 27 heavy (non-hydrogen) atoms. The van der Waals surface area contributed by atoms with Gasteiger partial charge in [0.2, 0.25) is 0 Å². The SMILES string of the molecule is CCCCCNc1nc(C)c(-c2ccc(OC(F)F)cc2OC)nc1OC. The van der Waals surface area contributed by atoms with Crippen molar-refractivity contribution in [2.75, 3.05) is 26.1 Å². The predicted molar refractivity (Wildman–Crippen MR) is 100.0 cm³/mol. The van der Waals surface area contributed by atoms with Crippen molar-refractivity contribution < 1.29 is 23.0 Å². The second kappa shape index (κ2) is 9.89. The van der Waals surface area contributed by atoms with Gasteiger partial charge in [-0.1, -0.05) is 19.8 Å². The largest absolute Gasteiger partial charge is 0.496 e. The molecule has 1 aromatic heterocycles. The fourth-order valence-electron chi connectivity index (χ4n) is 2.64. The van der Waals surface area contributed by atoms with Gasteiger partial charge in [0.25, 0.3) is 5.88 Å². The van der Waals surface area contributed by atoms with E-state index in [9.17, 15) is 8.78 Å². The van der Waals surface area contributed by atoms with Crippen molar-refractivity contribution in [3.63, 3.8) is 0 Å². The Morgan fingerprint density at radius 1 is 1.11 bits per heavy atom. The standard InChI is InChI=1S/C19H25F2N3O3/c1-5-6-7-10-22-17-18(26-4)24-16(12(2)23-17)14-9-8-13(27-19(20)21)11-15(14)25-3/h8-9,11,19H,5-7,10H2,1-4H3,(H,22,23). The van der Waals surface area contributed by atoms with Crippen molar-refractivity contribution in [2.45, 2.75) is 39.7 Å². The molecular formula is C19H25F2N3O3. The molecule has 0 aliphatic carbocycles. The molecule has 0 atom stereocenters. The Bertz CT molecular complexity index is 757. The van der Waals surface area contributed by atoms with Crippen LogP contribution in [0.4, 0.5) is 14.6 Å². The maximum atomic E-state index is 12.4. The highest BCUT2D eigenvalue weighted by atomic mass is 19.3. The average Bonchev–Trinajstić information content (AvgIpc) is 2.65. The van der Waals surface area contributed by atoms with E-state index in [1.54, 1.807) is 6.07 Å². The van der Waals surface area contributed by atoms with Crippen LogP contribution in [0.3, 0.4) is 0 Å². The predicted octanol–water partition coefficient (Wildman–Crippen LogP) is 4.67. The number of halogens is 2.